The van der Waals surface area contributed by atoms with Crippen molar-refractivity contribution in [1.29, 1.82) is 0 Å². The Labute approximate surface area is 122 Å². The highest BCUT2D eigenvalue weighted by Crippen LogP contribution is 2.24. The van der Waals surface area contributed by atoms with Gasteiger partial charge in [-0.3, -0.25) is 20.2 Å². The first-order valence-electron chi connectivity index (χ1n) is 6.81. The zero-order chi connectivity index (χ0) is 15.4. The maximum atomic E-state index is 11.0. The molecule has 8 heteroatoms. The lowest BCUT2D eigenvalue weighted by Gasteiger charge is -2.19. The summed E-state index contributed by atoms with van der Waals surface area (Å²) in [5.74, 6) is 0. The summed E-state index contributed by atoms with van der Waals surface area (Å²) in [5.41, 5.74) is -0.0105. The van der Waals surface area contributed by atoms with Crippen LogP contribution in [0.3, 0.4) is 0 Å². The van der Waals surface area contributed by atoms with Gasteiger partial charge in [-0.05, 0) is 32.5 Å². The van der Waals surface area contributed by atoms with E-state index in [4.69, 9.17) is 0 Å². The number of likely N-dealkylation sites (tertiary alicyclic amines) is 1. The molecule has 1 heterocycles. The average molecular weight is 294 g/mol. The Balaban J connectivity index is 2.02. The third-order valence-corrected chi connectivity index (χ3v) is 3.84. The van der Waals surface area contributed by atoms with Crippen molar-refractivity contribution in [3.63, 3.8) is 0 Å². The van der Waals surface area contributed by atoms with Crippen LogP contribution in [0.2, 0.25) is 0 Å². The molecule has 21 heavy (non-hydrogen) atoms. The largest absolute Gasteiger partial charge is 0.311 e. The first-order chi connectivity index (χ1) is 9.99. The molecule has 0 bridgehead atoms. The van der Waals surface area contributed by atoms with E-state index in [-0.39, 0.29) is 11.4 Å². The summed E-state index contributed by atoms with van der Waals surface area (Å²) in [5, 5.41) is 24.9. The lowest BCUT2D eigenvalue weighted by molar-refractivity contribution is -0.394. The fraction of sp³-hybridized carbons (Fsp3) is 0.538. The van der Waals surface area contributed by atoms with Gasteiger partial charge in [0.1, 0.15) is 0 Å². The Morgan fingerprint density at radius 1 is 1.33 bits per heavy atom. The summed E-state index contributed by atoms with van der Waals surface area (Å²) < 4.78 is 0. The molecule has 1 aromatic rings. The maximum absolute atomic E-state index is 11.0. The van der Waals surface area contributed by atoms with Gasteiger partial charge in [-0.1, -0.05) is 0 Å². The highest BCUT2D eigenvalue weighted by Gasteiger charge is 2.22. The van der Waals surface area contributed by atoms with Gasteiger partial charge in [-0.2, -0.15) is 0 Å². The lowest BCUT2D eigenvalue weighted by Crippen LogP contribution is -2.35. The lowest BCUT2D eigenvalue weighted by atomic mass is 10.1. The Hall–Kier alpha value is -2.06. The van der Waals surface area contributed by atoms with Crippen molar-refractivity contribution < 1.29 is 9.85 Å². The van der Waals surface area contributed by atoms with E-state index in [2.05, 4.69) is 17.3 Å². The van der Waals surface area contributed by atoms with Crippen LogP contribution in [0, 0.1) is 20.2 Å². The van der Waals surface area contributed by atoms with Crippen LogP contribution < -0.4 is 5.32 Å². The number of nitro groups is 2. The van der Waals surface area contributed by atoms with Crippen LogP contribution in [0.4, 0.5) is 11.4 Å². The molecule has 2 rings (SSSR count). The Morgan fingerprint density at radius 2 is 2.10 bits per heavy atom. The number of benzene rings is 1. The number of non-ortho nitro benzene ring substituents is 1. The zero-order valence-electron chi connectivity index (χ0n) is 11.8. The Morgan fingerprint density at radius 3 is 2.67 bits per heavy atom. The maximum Gasteiger partial charge on any atom is 0.280 e. The van der Waals surface area contributed by atoms with E-state index in [0.717, 1.165) is 25.6 Å². The number of nitrogens with zero attached hydrogens (tertiary/aromatic N) is 3. The van der Waals surface area contributed by atoms with Crippen LogP contribution >= 0.6 is 0 Å². The Kier molecular flexibility index (Phi) is 4.81. The van der Waals surface area contributed by atoms with Crippen LogP contribution in [0.1, 0.15) is 18.4 Å². The molecule has 0 aromatic heterocycles. The number of nitro benzene ring substituents is 2. The predicted octanol–water partition coefficient (Wildman–Crippen LogP) is 1.69. The van der Waals surface area contributed by atoms with Crippen molar-refractivity contribution >= 4 is 11.4 Å². The van der Waals surface area contributed by atoms with Crippen molar-refractivity contribution in [1.82, 2.24) is 10.2 Å². The second kappa shape index (κ2) is 6.59. The van der Waals surface area contributed by atoms with Gasteiger partial charge in [-0.25, -0.2) is 0 Å². The molecule has 1 aliphatic heterocycles. The van der Waals surface area contributed by atoms with Gasteiger partial charge in [0.25, 0.3) is 11.4 Å². The third-order valence-electron chi connectivity index (χ3n) is 3.84. The quantitative estimate of drug-likeness (QED) is 0.632. The summed E-state index contributed by atoms with van der Waals surface area (Å²) in [7, 11) is 2.06. The fourth-order valence-electron chi connectivity index (χ4n) is 2.60. The molecule has 1 saturated heterocycles. The molecule has 1 N–H and O–H groups in total. The molecule has 0 saturated carbocycles. The van der Waals surface area contributed by atoms with Gasteiger partial charge >= 0.3 is 0 Å². The van der Waals surface area contributed by atoms with Crippen LogP contribution in [-0.4, -0.2) is 40.9 Å². The van der Waals surface area contributed by atoms with Crippen molar-refractivity contribution in [2.45, 2.75) is 25.4 Å². The second-order valence-corrected chi connectivity index (χ2v) is 5.23. The summed E-state index contributed by atoms with van der Waals surface area (Å²) in [6.45, 7) is 2.16. The number of hydrogen-bond donors (Lipinski definition) is 1. The van der Waals surface area contributed by atoms with E-state index in [1.165, 1.54) is 18.6 Å². The average Bonchev–Trinajstić information content (AvgIpc) is 2.84. The monoisotopic (exact) mass is 294 g/mol. The minimum absolute atomic E-state index is 0.212. The molecule has 1 unspecified atom stereocenters. The first-order valence-corrected chi connectivity index (χ1v) is 6.81. The van der Waals surface area contributed by atoms with E-state index in [1.54, 1.807) is 0 Å². The van der Waals surface area contributed by atoms with Crippen LogP contribution in [0.5, 0.6) is 0 Å². The van der Waals surface area contributed by atoms with E-state index in [0.29, 0.717) is 18.2 Å². The molecule has 0 radical (unpaired) electrons. The van der Waals surface area contributed by atoms with Gasteiger partial charge in [0.05, 0.1) is 15.9 Å². The van der Waals surface area contributed by atoms with Crippen LogP contribution in [0.25, 0.3) is 0 Å². The number of hydrogen-bond acceptors (Lipinski definition) is 6. The summed E-state index contributed by atoms with van der Waals surface area (Å²) in [6, 6.07) is 4.20. The third kappa shape index (κ3) is 3.73. The molecule has 0 spiro atoms. The van der Waals surface area contributed by atoms with E-state index in [9.17, 15) is 20.2 Å². The van der Waals surface area contributed by atoms with E-state index >= 15 is 0 Å². The second-order valence-electron chi connectivity index (χ2n) is 5.23. The van der Waals surface area contributed by atoms with Crippen molar-refractivity contribution in [2.75, 3.05) is 20.1 Å². The minimum atomic E-state index is -0.627. The molecular weight excluding hydrogens is 276 g/mol. The van der Waals surface area contributed by atoms with Crippen molar-refractivity contribution in [3.8, 4) is 0 Å². The number of nitrogens with one attached hydrogen (secondary N) is 1. The van der Waals surface area contributed by atoms with E-state index < -0.39 is 9.85 Å². The molecule has 114 valence electrons. The molecule has 0 amide bonds. The zero-order valence-corrected chi connectivity index (χ0v) is 11.8. The van der Waals surface area contributed by atoms with E-state index in [1.807, 2.05) is 0 Å². The SMILES string of the molecule is CN1CCCC1CNCc1ccc([N+](=O)[O-])cc1[N+](=O)[O-]. The minimum Gasteiger partial charge on any atom is -0.311 e. The van der Waals surface area contributed by atoms with Crippen LogP contribution in [0.15, 0.2) is 18.2 Å². The molecule has 8 nitrogen and oxygen atoms in total. The van der Waals surface area contributed by atoms with Crippen molar-refractivity contribution in [2.24, 2.45) is 0 Å². The smallest absolute Gasteiger partial charge is 0.280 e. The molecule has 0 aliphatic carbocycles. The summed E-state index contributed by atoms with van der Waals surface area (Å²) >= 11 is 0. The molecule has 1 aromatic carbocycles. The molecular formula is C13H18N4O4. The standard InChI is InChI=1S/C13H18N4O4/c1-15-6-2-3-12(15)9-14-8-10-4-5-11(16(18)19)7-13(10)17(20)21/h4-5,7,12,14H,2-3,6,8-9H2,1H3. The highest BCUT2D eigenvalue weighted by molar-refractivity contribution is 5.49. The highest BCUT2D eigenvalue weighted by atomic mass is 16.6. The fourth-order valence-corrected chi connectivity index (χ4v) is 2.60. The van der Waals surface area contributed by atoms with Gasteiger partial charge in [0, 0.05) is 30.8 Å². The normalized spacial score (nSPS) is 18.8. The summed E-state index contributed by atoms with van der Waals surface area (Å²) in [6.07, 6.45) is 2.28. The molecule has 1 aliphatic rings. The van der Waals surface area contributed by atoms with Crippen molar-refractivity contribution in [3.05, 3.63) is 44.0 Å². The molecule has 1 atom stereocenters. The first kappa shape index (κ1) is 15.3. The van der Waals surface area contributed by atoms with Gasteiger partial charge in [-0.15, -0.1) is 0 Å². The van der Waals surface area contributed by atoms with Gasteiger partial charge in [0.15, 0.2) is 0 Å². The Bertz CT molecular complexity index is 549. The van der Waals surface area contributed by atoms with Gasteiger partial charge < -0.3 is 10.2 Å². The van der Waals surface area contributed by atoms with Crippen LogP contribution in [-0.2, 0) is 6.54 Å². The topological polar surface area (TPSA) is 102 Å². The predicted molar refractivity (Wildman–Crippen MR) is 77.1 cm³/mol. The molecule has 1 fully saturated rings. The number of rotatable bonds is 6. The van der Waals surface area contributed by atoms with Gasteiger partial charge in [0.2, 0.25) is 0 Å². The number of likely N-dealkylation sites (N-methyl/N-ethyl adjacent to an activating group) is 1. The summed E-state index contributed by atoms with van der Waals surface area (Å²) in [4.78, 5) is 22.7.